The normalized spacial score (nSPS) is 20.2. The highest BCUT2D eigenvalue weighted by Gasteiger charge is 2.46. The van der Waals surface area contributed by atoms with Crippen LogP contribution >= 0.6 is 12.4 Å². The Balaban J connectivity index is 0.000000258. The highest BCUT2D eigenvalue weighted by molar-refractivity contribution is 5.85. The molecule has 4 fully saturated rings. The molecule has 0 radical (unpaired) electrons. The van der Waals surface area contributed by atoms with Crippen molar-refractivity contribution in [3.8, 4) is 0 Å². The Bertz CT molecular complexity index is 3010. The molecule has 2 unspecified atom stereocenters. The summed E-state index contributed by atoms with van der Waals surface area (Å²) in [5.41, 5.74) is 10.1. The molecule has 3 amide bonds. The van der Waals surface area contributed by atoms with Crippen LogP contribution in [-0.2, 0) is 19.2 Å². The van der Waals surface area contributed by atoms with Gasteiger partial charge in [0.05, 0.1) is 23.9 Å². The van der Waals surface area contributed by atoms with E-state index in [4.69, 9.17) is 0 Å². The lowest BCUT2D eigenvalue weighted by molar-refractivity contribution is -0.142. The van der Waals surface area contributed by atoms with Gasteiger partial charge in [-0.15, -0.1) is 12.4 Å². The summed E-state index contributed by atoms with van der Waals surface area (Å²) in [6.45, 7) is 45.0. The molecule has 0 saturated carbocycles. The van der Waals surface area contributed by atoms with Gasteiger partial charge in [-0.25, -0.2) is 17.6 Å². The zero-order chi connectivity index (χ0) is 63.3. The summed E-state index contributed by atoms with van der Waals surface area (Å²) in [6.07, 6.45) is 0. The molecule has 18 heteroatoms. The first-order valence-corrected chi connectivity index (χ1v) is 30.5. The second-order valence-electron chi connectivity index (χ2n) is 26.7. The number of aliphatic carboxylic acids is 1. The van der Waals surface area contributed by atoms with Gasteiger partial charge in [-0.2, -0.15) is 0 Å². The van der Waals surface area contributed by atoms with E-state index in [0.717, 1.165) is 49.6 Å². The number of nitrogens with one attached hydrogen (secondary N) is 1. The van der Waals surface area contributed by atoms with E-state index in [2.05, 4.69) is 120 Å². The summed E-state index contributed by atoms with van der Waals surface area (Å²) >= 11 is 0. The standard InChI is InChI=1S/C34H48F2N4O2.C19H31N3O.C15H19F2NO2.ClH/c1-21(2)40(25(6)41)24(5)28-16-22(3)23(4)17-32(28)37-12-14-38(15-13-37)33(42)30-20-39(34(7,8)9)19-29(30)27-11-10-26(35)18-31(27)36;1-13(2)22(17(6)23)16(5)18-11-14(3)15(4)12-19(18)21-9-7-20-8-10-21;1-15(2,3)18-7-11(12(8-18)14(19)20)10-5-4-9(16)6-13(10)17;/h10-11,16-18,21,24,29-30H,12-15,19-20H2,1-9H3;11-13,16,20H,7-10H2,1-6H3;4-6,11-12H,7-8H2,1-3H3,(H,19,20);1H/t24?,29-,30+;;11-,12+;/m0.0./s1. The van der Waals surface area contributed by atoms with Crippen LogP contribution in [0.5, 0.6) is 0 Å². The molecular formula is C68H99ClF4N8O5. The third-order valence-corrected chi connectivity index (χ3v) is 18.1. The van der Waals surface area contributed by atoms with Gasteiger partial charge in [0.25, 0.3) is 0 Å². The number of aryl methyl sites for hydroxylation is 4. The largest absolute Gasteiger partial charge is 0.481 e. The lowest BCUT2D eigenvalue weighted by Gasteiger charge is -2.41. The number of likely N-dealkylation sites (tertiary alicyclic amines) is 2. The lowest BCUT2D eigenvalue weighted by Crippen LogP contribution is -2.52. The number of carboxylic acids is 1. The quantitative estimate of drug-likeness (QED) is 0.133. The Labute approximate surface area is 517 Å². The van der Waals surface area contributed by atoms with E-state index in [0.29, 0.717) is 57.9 Å². The second-order valence-corrected chi connectivity index (χ2v) is 26.7. The van der Waals surface area contributed by atoms with Crippen LogP contribution in [0.1, 0.15) is 165 Å². The predicted molar refractivity (Wildman–Crippen MR) is 341 cm³/mol. The van der Waals surface area contributed by atoms with Crippen molar-refractivity contribution in [3.05, 3.63) is 128 Å². The summed E-state index contributed by atoms with van der Waals surface area (Å²) in [5, 5.41) is 12.8. The van der Waals surface area contributed by atoms with Crippen molar-refractivity contribution in [1.82, 2.24) is 29.8 Å². The number of carbonyl (C=O) groups excluding carboxylic acids is 3. The van der Waals surface area contributed by atoms with Gasteiger partial charge in [0.1, 0.15) is 23.3 Å². The van der Waals surface area contributed by atoms with Crippen molar-refractivity contribution in [1.29, 1.82) is 0 Å². The van der Waals surface area contributed by atoms with Gasteiger partial charge in [-0.1, -0.05) is 24.3 Å². The Morgan fingerprint density at radius 3 is 1.24 bits per heavy atom. The number of nitrogens with zero attached hydrogens (tertiary/aromatic N) is 7. The first kappa shape index (κ1) is 71.0. The van der Waals surface area contributed by atoms with E-state index in [1.807, 2.05) is 54.2 Å². The molecule has 476 valence electrons. The third-order valence-electron chi connectivity index (χ3n) is 18.1. The smallest absolute Gasteiger partial charge is 0.308 e. The molecule has 0 aliphatic carbocycles. The predicted octanol–water partition coefficient (Wildman–Crippen LogP) is 12.4. The first-order chi connectivity index (χ1) is 39.6. The minimum atomic E-state index is -0.939. The number of hydrogen-bond donors (Lipinski definition) is 2. The van der Waals surface area contributed by atoms with Crippen LogP contribution in [0, 0.1) is 62.8 Å². The fourth-order valence-electron chi connectivity index (χ4n) is 13.1. The first-order valence-electron chi connectivity index (χ1n) is 30.5. The number of amides is 3. The van der Waals surface area contributed by atoms with Crippen molar-refractivity contribution < 1.29 is 41.8 Å². The number of rotatable bonds is 12. The minimum absolute atomic E-state index is 0. The van der Waals surface area contributed by atoms with Crippen molar-refractivity contribution in [2.45, 2.75) is 172 Å². The van der Waals surface area contributed by atoms with E-state index in [1.54, 1.807) is 13.8 Å². The number of piperazine rings is 2. The van der Waals surface area contributed by atoms with E-state index in [9.17, 15) is 41.8 Å². The average molecular weight is 1220 g/mol. The molecule has 8 rings (SSSR count). The molecule has 4 aromatic rings. The Morgan fingerprint density at radius 2 is 0.895 bits per heavy atom. The van der Waals surface area contributed by atoms with Crippen LogP contribution in [0.4, 0.5) is 28.9 Å². The van der Waals surface area contributed by atoms with Crippen LogP contribution < -0.4 is 15.1 Å². The number of halogens is 5. The number of anilines is 2. The van der Waals surface area contributed by atoms with Crippen LogP contribution in [0.3, 0.4) is 0 Å². The molecule has 4 heterocycles. The molecule has 4 aliphatic rings. The number of carbonyl (C=O) groups is 4. The Hall–Kier alpha value is -5.75. The molecule has 86 heavy (non-hydrogen) atoms. The Kier molecular flexibility index (Phi) is 24.4. The van der Waals surface area contributed by atoms with E-state index in [-0.39, 0.29) is 76.9 Å². The van der Waals surface area contributed by atoms with E-state index < -0.39 is 47.0 Å². The molecule has 13 nitrogen and oxygen atoms in total. The highest BCUT2D eigenvalue weighted by Crippen LogP contribution is 2.41. The van der Waals surface area contributed by atoms with Crippen molar-refractivity contribution in [2.24, 2.45) is 11.8 Å². The van der Waals surface area contributed by atoms with Crippen molar-refractivity contribution in [3.63, 3.8) is 0 Å². The Morgan fingerprint density at radius 1 is 0.535 bits per heavy atom. The zero-order valence-electron chi connectivity index (χ0n) is 54.5. The fourth-order valence-corrected chi connectivity index (χ4v) is 13.1. The van der Waals surface area contributed by atoms with Gasteiger partial charge < -0.3 is 34.9 Å². The maximum atomic E-state index is 14.9. The molecule has 4 aromatic carbocycles. The fraction of sp³-hybridized carbons (Fsp3) is 0.588. The summed E-state index contributed by atoms with van der Waals surface area (Å²) in [5.74, 6) is -5.10. The number of hydrogen-bond acceptors (Lipinski definition) is 9. The van der Waals surface area contributed by atoms with Crippen LogP contribution in [-0.4, -0.2) is 155 Å². The molecule has 2 N–H and O–H groups in total. The second kappa shape index (κ2) is 29.5. The monoisotopic (exact) mass is 1220 g/mol. The third kappa shape index (κ3) is 16.9. The van der Waals surface area contributed by atoms with Gasteiger partial charge in [0.2, 0.25) is 17.7 Å². The summed E-state index contributed by atoms with van der Waals surface area (Å²) in [6, 6.07) is 16.3. The maximum absolute atomic E-state index is 14.9. The topological polar surface area (TPSA) is 123 Å². The molecule has 4 saturated heterocycles. The number of benzene rings is 4. The summed E-state index contributed by atoms with van der Waals surface area (Å²) < 4.78 is 55.6. The van der Waals surface area contributed by atoms with Crippen LogP contribution in [0.2, 0.25) is 0 Å². The van der Waals surface area contributed by atoms with E-state index in [1.165, 1.54) is 57.8 Å². The maximum Gasteiger partial charge on any atom is 0.308 e. The lowest BCUT2D eigenvalue weighted by atomic mass is 9.87. The number of carboxylic acid groups (broad SMARTS) is 1. The SMILES string of the molecule is CC(=O)N(C(C)C)C(C)c1cc(C)c(C)cc1N1CCN(C(=O)[C@@H]2CN(C(C)(C)C)C[C@H]2c2ccc(F)cc2F)CC1.CC(=O)N(C(C)C)C(C)c1cc(C)c(C)cc1N1CCNCC1.CC(C)(C)N1C[C@@H](C(=O)O)[C@H](c2ccc(F)cc2F)C1.Cl. The van der Waals surface area contributed by atoms with Crippen LogP contribution in [0.15, 0.2) is 60.7 Å². The van der Waals surface area contributed by atoms with Gasteiger partial charge in [0, 0.05) is 151 Å². The zero-order valence-corrected chi connectivity index (χ0v) is 55.3. The molecule has 0 bridgehead atoms. The summed E-state index contributed by atoms with van der Waals surface area (Å²) in [4.78, 5) is 65.0. The van der Waals surface area contributed by atoms with Gasteiger partial charge in [0.15, 0.2) is 0 Å². The molecule has 6 atom stereocenters. The van der Waals surface area contributed by atoms with Crippen molar-refractivity contribution in [2.75, 3.05) is 88.3 Å². The molecular weight excluding hydrogens is 1120 g/mol. The van der Waals surface area contributed by atoms with E-state index >= 15 is 0 Å². The van der Waals surface area contributed by atoms with Gasteiger partial charge >= 0.3 is 5.97 Å². The van der Waals surface area contributed by atoms with Crippen molar-refractivity contribution >= 4 is 47.5 Å². The summed E-state index contributed by atoms with van der Waals surface area (Å²) in [7, 11) is 0. The highest BCUT2D eigenvalue weighted by atomic mass is 35.5. The van der Waals surface area contributed by atoms with Gasteiger partial charge in [-0.3, -0.25) is 29.0 Å². The van der Waals surface area contributed by atoms with Gasteiger partial charge in [-0.05, 0) is 180 Å². The molecule has 4 aliphatic heterocycles. The minimum Gasteiger partial charge on any atom is -0.481 e. The molecule has 0 spiro atoms. The van der Waals surface area contributed by atoms with Crippen LogP contribution in [0.25, 0.3) is 0 Å². The average Bonchev–Trinajstić information content (AvgIpc) is 1.65. The molecule has 0 aromatic heterocycles.